The van der Waals surface area contributed by atoms with Crippen LogP contribution >= 0.6 is 0 Å². The summed E-state index contributed by atoms with van der Waals surface area (Å²) in [7, 11) is 1.57. The van der Waals surface area contributed by atoms with E-state index in [1.54, 1.807) is 20.1 Å². The van der Waals surface area contributed by atoms with E-state index in [4.69, 9.17) is 9.84 Å². The number of benzene rings is 1. The van der Waals surface area contributed by atoms with Crippen molar-refractivity contribution >= 4 is 0 Å². The number of hydrogen-bond acceptors (Lipinski definition) is 2. The molecule has 0 aliphatic carbocycles. The molecule has 0 saturated heterocycles. The van der Waals surface area contributed by atoms with E-state index in [9.17, 15) is 4.39 Å². The Labute approximate surface area is 83.3 Å². The quantitative estimate of drug-likeness (QED) is 0.800. The maximum atomic E-state index is 13.4. The van der Waals surface area contributed by atoms with Crippen LogP contribution in [0, 0.1) is 5.82 Å². The second-order valence-corrected chi connectivity index (χ2v) is 3.41. The topological polar surface area (TPSA) is 29.5 Å². The van der Waals surface area contributed by atoms with E-state index in [1.807, 2.05) is 6.07 Å². The molecule has 1 unspecified atom stereocenters. The van der Waals surface area contributed by atoms with Gasteiger partial charge in [0.1, 0.15) is 5.82 Å². The monoisotopic (exact) mass is 198 g/mol. The molecule has 0 heterocycles. The van der Waals surface area contributed by atoms with Crippen molar-refractivity contribution in [3.05, 3.63) is 35.1 Å². The van der Waals surface area contributed by atoms with Gasteiger partial charge in [-0.3, -0.25) is 0 Å². The molecule has 0 bridgehead atoms. The minimum absolute atomic E-state index is 0.277. The SMILES string of the molecule is COCc1ccc(CC(C)O)c(F)c1. The molecule has 0 amide bonds. The summed E-state index contributed by atoms with van der Waals surface area (Å²) in [6.07, 6.45) is -0.170. The lowest BCUT2D eigenvalue weighted by molar-refractivity contribution is 0.184. The Morgan fingerprint density at radius 1 is 1.50 bits per heavy atom. The maximum absolute atomic E-state index is 13.4. The zero-order valence-corrected chi connectivity index (χ0v) is 8.46. The Kier molecular flexibility index (Phi) is 4.04. The largest absolute Gasteiger partial charge is 0.393 e. The average molecular weight is 198 g/mol. The molecular formula is C11H15FO2. The van der Waals surface area contributed by atoms with Crippen LogP contribution in [0.5, 0.6) is 0 Å². The van der Waals surface area contributed by atoms with Gasteiger partial charge in [0.05, 0.1) is 12.7 Å². The molecule has 0 aliphatic rings. The lowest BCUT2D eigenvalue weighted by Crippen LogP contribution is -2.06. The number of methoxy groups -OCH3 is 1. The number of rotatable bonds is 4. The summed E-state index contributed by atoms with van der Waals surface area (Å²) < 4.78 is 18.3. The zero-order valence-electron chi connectivity index (χ0n) is 8.46. The molecule has 14 heavy (non-hydrogen) atoms. The Bertz CT molecular complexity index is 297. The molecule has 0 aromatic heterocycles. The molecule has 1 aromatic carbocycles. The van der Waals surface area contributed by atoms with Gasteiger partial charge in [-0.2, -0.15) is 0 Å². The van der Waals surface area contributed by atoms with E-state index in [-0.39, 0.29) is 5.82 Å². The highest BCUT2D eigenvalue weighted by atomic mass is 19.1. The van der Waals surface area contributed by atoms with Crippen LogP contribution in [-0.4, -0.2) is 18.3 Å². The van der Waals surface area contributed by atoms with Crippen molar-refractivity contribution < 1.29 is 14.2 Å². The van der Waals surface area contributed by atoms with Crippen LogP contribution in [0.15, 0.2) is 18.2 Å². The Morgan fingerprint density at radius 3 is 2.71 bits per heavy atom. The summed E-state index contributed by atoms with van der Waals surface area (Å²) >= 11 is 0. The molecule has 0 saturated carbocycles. The molecule has 1 rings (SSSR count). The highest BCUT2D eigenvalue weighted by Crippen LogP contribution is 2.13. The first kappa shape index (κ1) is 11.1. The first-order valence-corrected chi connectivity index (χ1v) is 4.57. The molecule has 0 fully saturated rings. The van der Waals surface area contributed by atoms with Gasteiger partial charge >= 0.3 is 0 Å². The van der Waals surface area contributed by atoms with E-state index >= 15 is 0 Å². The van der Waals surface area contributed by atoms with E-state index in [0.717, 1.165) is 5.56 Å². The fourth-order valence-corrected chi connectivity index (χ4v) is 1.33. The van der Waals surface area contributed by atoms with E-state index in [1.165, 1.54) is 6.07 Å². The van der Waals surface area contributed by atoms with Crippen molar-refractivity contribution in [2.75, 3.05) is 7.11 Å². The summed E-state index contributed by atoms with van der Waals surface area (Å²) in [5, 5.41) is 9.11. The van der Waals surface area contributed by atoms with Gasteiger partial charge in [-0.05, 0) is 24.1 Å². The number of hydrogen-bond donors (Lipinski definition) is 1. The van der Waals surface area contributed by atoms with Gasteiger partial charge in [-0.15, -0.1) is 0 Å². The number of ether oxygens (including phenoxy) is 1. The summed E-state index contributed by atoms with van der Waals surface area (Å²) in [6, 6.07) is 4.95. The summed E-state index contributed by atoms with van der Waals surface area (Å²) in [5.74, 6) is -0.277. The minimum Gasteiger partial charge on any atom is -0.393 e. The second-order valence-electron chi connectivity index (χ2n) is 3.41. The van der Waals surface area contributed by atoms with Crippen LogP contribution in [0.1, 0.15) is 18.1 Å². The van der Waals surface area contributed by atoms with Gasteiger partial charge in [-0.25, -0.2) is 4.39 Å². The average Bonchev–Trinajstić information content (AvgIpc) is 2.10. The lowest BCUT2D eigenvalue weighted by Gasteiger charge is -2.07. The third kappa shape index (κ3) is 3.09. The molecule has 3 heteroatoms. The van der Waals surface area contributed by atoms with Gasteiger partial charge in [0.25, 0.3) is 0 Å². The number of halogens is 1. The number of aliphatic hydroxyl groups excluding tert-OH is 1. The molecule has 0 spiro atoms. The maximum Gasteiger partial charge on any atom is 0.126 e. The Balaban J connectivity index is 2.79. The lowest BCUT2D eigenvalue weighted by atomic mass is 10.1. The molecule has 1 atom stereocenters. The minimum atomic E-state index is -0.516. The highest BCUT2D eigenvalue weighted by Gasteiger charge is 2.06. The van der Waals surface area contributed by atoms with Gasteiger partial charge < -0.3 is 9.84 Å². The van der Waals surface area contributed by atoms with Crippen molar-refractivity contribution in [2.24, 2.45) is 0 Å². The fraction of sp³-hybridized carbons (Fsp3) is 0.455. The van der Waals surface area contributed by atoms with Crippen LogP contribution < -0.4 is 0 Å². The third-order valence-electron chi connectivity index (χ3n) is 1.94. The molecular weight excluding hydrogens is 183 g/mol. The van der Waals surface area contributed by atoms with Crippen molar-refractivity contribution in [1.29, 1.82) is 0 Å². The summed E-state index contributed by atoms with van der Waals surface area (Å²) in [5.41, 5.74) is 1.35. The third-order valence-corrected chi connectivity index (χ3v) is 1.94. The van der Waals surface area contributed by atoms with E-state index in [0.29, 0.717) is 18.6 Å². The second kappa shape index (κ2) is 5.08. The van der Waals surface area contributed by atoms with Crippen LogP contribution in [0.25, 0.3) is 0 Å². The van der Waals surface area contributed by atoms with Crippen LogP contribution in [0.4, 0.5) is 4.39 Å². The molecule has 78 valence electrons. The van der Waals surface area contributed by atoms with Crippen molar-refractivity contribution in [1.82, 2.24) is 0 Å². The Morgan fingerprint density at radius 2 is 2.21 bits per heavy atom. The summed E-state index contributed by atoms with van der Waals surface area (Å²) in [6.45, 7) is 2.05. The van der Waals surface area contributed by atoms with Crippen LogP contribution in [0.2, 0.25) is 0 Å². The molecule has 2 nitrogen and oxygen atoms in total. The molecule has 1 N–H and O–H groups in total. The van der Waals surface area contributed by atoms with Gasteiger partial charge in [-0.1, -0.05) is 12.1 Å². The van der Waals surface area contributed by atoms with Crippen LogP contribution in [0.3, 0.4) is 0 Å². The first-order valence-electron chi connectivity index (χ1n) is 4.57. The van der Waals surface area contributed by atoms with E-state index in [2.05, 4.69) is 0 Å². The first-order chi connectivity index (χ1) is 6.63. The fourth-order valence-electron chi connectivity index (χ4n) is 1.33. The van der Waals surface area contributed by atoms with Gasteiger partial charge in [0, 0.05) is 13.5 Å². The Hall–Kier alpha value is -0.930. The molecule has 0 radical (unpaired) electrons. The van der Waals surface area contributed by atoms with Crippen molar-refractivity contribution in [3.63, 3.8) is 0 Å². The predicted octanol–water partition coefficient (Wildman–Crippen LogP) is 1.90. The van der Waals surface area contributed by atoms with Crippen molar-refractivity contribution in [2.45, 2.75) is 26.1 Å². The molecule has 1 aromatic rings. The molecule has 0 aliphatic heterocycles. The van der Waals surface area contributed by atoms with Gasteiger partial charge in [0.2, 0.25) is 0 Å². The standard InChI is InChI=1S/C11H15FO2/c1-8(13)5-10-4-3-9(7-14-2)6-11(10)12/h3-4,6,8,13H,5,7H2,1-2H3. The normalized spacial score (nSPS) is 12.9. The van der Waals surface area contributed by atoms with Crippen LogP contribution in [-0.2, 0) is 17.8 Å². The summed E-state index contributed by atoms with van der Waals surface area (Å²) in [4.78, 5) is 0. The van der Waals surface area contributed by atoms with Crippen molar-refractivity contribution in [3.8, 4) is 0 Å². The number of aliphatic hydroxyl groups is 1. The van der Waals surface area contributed by atoms with Gasteiger partial charge in [0.15, 0.2) is 0 Å². The highest BCUT2D eigenvalue weighted by molar-refractivity contribution is 5.24. The van der Waals surface area contributed by atoms with E-state index < -0.39 is 6.10 Å². The smallest absolute Gasteiger partial charge is 0.126 e. The zero-order chi connectivity index (χ0) is 10.6. The predicted molar refractivity (Wildman–Crippen MR) is 52.5 cm³/mol.